The van der Waals surface area contributed by atoms with Crippen LogP contribution in [0, 0.1) is 5.82 Å². The third-order valence-corrected chi connectivity index (χ3v) is 5.77. The number of anilines is 2. The number of benzene rings is 1. The lowest BCUT2D eigenvalue weighted by atomic mass is 10.2. The second-order valence-electron chi connectivity index (χ2n) is 6.68. The molecule has 0 unspecified atom stereocenters. The van der Waals surface area contributed by atoms with E-state index < -0.39 is 5.82 Å². The lowest BCUT2D eigenvalue weighted by Crippen LogP contribution is -2.02. The molecule has 0 bridgehead atoms. The molecule has 0 aliphatic rings. The largest absolute Gasteiger partial charge is 0.494 e. The van der Waals surface area contributed by atoms with Gasteiger partial charge in [-0.25, -0.2) is 28.8 Å². The molecule has 0 aliphatic heterocycles. The third kappa shape index (κ3) is 3.96. The first-order valence-electron chi connectivity index (χ1n) is 9.53. The van der Waals surface area contributed by atoms with Crippen molar-refractivity contribution < 1.29 is 13.9 Å². The molecule has 0 spiro atoms. The fourth-order valence-electron chi connectivity index (χ4n) is 3.16. The van der Waals surface area contributed by atoms with Crippen LogP contribution in [0.5, 0.6) is 17.2 Å². The van der Waals surface area contributed by atoms with Crippen molar-refractivity contribution in [1.82, 2.24) is 29.5 Å². The van der Waals surface area contributed by atoms with E-state index in [1.165, 1.54) is 30.5 Å². The molecule has 0 saturated carbocycles. The maximum atomic E-state index is 15.1. The van der Waals surface area contributed by atoms with E-state index in [1.54, 1.807) is 42.1 Å². The molecule has 5 aromatic rings. The summed E-state index contributed by atoms with van der Waals surface area (Å²) in [6, 6.07) is 8.18. The summed E-state index contributed by atoms with van der Waals surface area (Å²) in [7, 11) is 1.56. The van der Waals surface area contributed by atoms with Crippen molar-refractivity contribution >= 4 is 51.5 Å². The van der Waals surface area contributed by atoms with Crippen LogP contribution >= 0.6 is 23.4 Å². The molecule has 9 nitrogen and oxygen atoms in total. The van der Waals surface area contributed by atoms with Gasteiger partial charge in [0.1, 0.15) is 39.7 Å². The monoisotopic (exact) mass is 483 g/mol. The summed E-state index contributed by atoms with van der Waals surface area (Å²) < 4.78 is 27.8. The van der Waals surface area contributed by atoms with Gasteiger partial charge in [0.05, 0.1) is 18.3 Å². The summed E-state index contributed by atoms with van der Waals surface area (Å²) in [6.07, 6.45) is 6.35. The van der Waals surface area contributed by atoms with Crippen LogP contribution in [-0.2, 0) is 0 Å². The Morgan fingerprint density at radius 3 is 2.79 bits per heavy atom. The Balaban J connectivity index is 1.47. The highest BCUT2D eigenvalue weighted by Gasteiger charge is 2.17. The van der Waals surface area contributed by atoms with E-state index >= 15 is 4.39 Å². The summed E-state index contributed by atoms with van der Waals surface area (Å²) in [4.78, 5) is 17.1. The van der Waals surface area contributed by atoms with Gasteiger partial charge in [-0.05, 0) is 24.5 Å². The molecule has 0 aliphatic carbocycles. The molecule has 0 radical (unpaired) electrons. The van der Waals surface area contributed by atoms with Crippen LogP contribution in [0.25, 0.3) is 16.7 Å². The van der Waals surface area contributed by atoms with E-state index in [-0.39, 0.29) is 16.5 Å². The van der Waals surface area contributed by atoms with Gasteiger partial charge in [0.2, 0.25) is 0 Å². The Morgan fingerprint density at radius 1 is 1.09 bits per heavy atom. The van der Waals surface area contributed by atoms with Crippen LogP contribution in [0.15, 0.2) is 54.2 Å². The van der Waals surface area contributed by atoms with Gasteiger partial charge in [-0.2, -0.15) is 5.10 Å². The number of methoxy groups -OCH3 is 1. The molecule has 1 aromatic carbocycles. The number of halogens is 2. The van der Waals surface area contributed by atoms with Crippen LogP contribution in [0.4, 0.5) is 15.9 Å². The van der Waals surface area contributed by atoms with E-state index in [4.69, 9.17) is 21.1 Å². The summed E-state index contributed by atoms with van der Waals surface area (Å²) in [5, 5.41) is 7.46. The quantitative estimate of drug-likeness (QED) is 0.329. The first-order valence-corrected chi connectivity index (χ1v) is 11.1. The lowest BCUT2D eigenvalue weighted by molar-refractivity contribution is 0.402. The normalized spacial score (nSPS) is 11.2. The zero-order chi connectivity index (χ0) is 22.9. The standard InChI is InChI=1S/C21H15ClFN7O2S/c1-31-15-8-13-19(29-21(15)33-2)20(26-9-24-13)28-12-3-4-14(17(22)18(12)23)32-11-5-6-30-16(7-11)25-10-27-30/h3-10H,1-2H3,(H,24,26,28). The first-order chi connectivity index (χ1) is 16.1. The average molecular weight is 484 g/mol. The van der Waals surface area contributed by atoms with E-state index in [0.29, 0.717) is 39.0 Å². The minimum Gasteiger partial charge on any atom is -0.494 e. The van der Waals surface area contributed by atoms with Gasteiger partial charge in [0.25, 0.3) is 0 Å². The predicted octanol–water partition coefficient (Wildman–Crippen LogP) is 5.13. The Kier molecular flexibility index (Phi) is 5.56. The van der Waals surface area contributed by atoms with Crippen LogP contribution in [0.1, 0.15) is 0 Å². The van der Waals surface area contributed by atoms with Crippen molar-refractivity contribution in [2.75, 3.05) is 18.7 Å². The summed E-state index contributed by atoms with van der Waals surface area (Å²) in [5.41, 5.74) is 1.73. The van der Waals surface area contributed by atoms with Crippen LogP contribution in [-0.4, -0.2) is 42.9 Å². The molecule has 12 heteroatoms. The van der Waals surface area contributed by atoms with Crippen LogP contribution in [0.3, 0.4) is 0 Å². The molecule has 0 atom stereocenters. The number of thioether (sulfide) groups is 1. The minimum absolute atomic E-state index is 0.114. The SMILES string of the molecule is COc1cc2ncnc(Nc3ccc(Oc4ccn5ncnc5c4)c(Cl)c3F)c2nc1SC. The molecule has 5 rings (SSSR count). The number of rotatable bonds is 6. The number of fused-ring (bicyclic) bond motifs is 2. The van der Waals surface area contributed by atoms with E-state index in [9.17, 15) is 0 Å². The Labute approximate surface area is 196 Å². The molecule has 33 heavy (non-hydrogen) atoms. The number of nitrogens with one attached hydrogen (secondary N) is 1. The molecule has 166 valence electrons. The highest BCUT2D eigenvalue weighted by molar-refractivity contribution is 7.98. The molecule has 0 saturated heterocycles. The van der Waals surface area contributed by atoms with Crippen molar-refractivity contribution in [1.29, 1.82) is 0 Å². The van der Waals surface area contributed by atoms with Gasteiger partial charge in [-0.1, -0.05) is 11.6 Å². The highest BCUT2D eigenvalue weighted by Crippen LogP contribution is 2.37. The summed E-state index contributed by atoms with van der Waals surface area (Å²) >= 11 is 7.69. The Morgan fingerprint density at radius 2 is 1.97 bits per heavy atom. The summed E-state index contributed by atoms with van der Waals surface area (Å²) in [5.74, 6) is 0.840. The van der Waals surface area contributed by atoms with Gasteiger partial charge in [0.15, 0.2) is 23.0 Å². The molecule has 0 amide bonds. The molecule has 4 aromatic heterocycles. The maximum Gasteiger partial charge on any atom is 0.169 e. The molecule has 4 heterocycles. The van der Waals surface area contributed by atoms with Gasteiger partial charge >= 0.3 is 0 Å². The number of aromatic nitrogens is 6. The second kappa shape index (κ2) is 8.68. The number of hydrogen-bond donors (Lipinski definition) is 1. The van der Waals surface area contributed by atoms with Crippen molar-refractivity contribution in [3.05, 3.63) is 60.0 Å². The number of pyridine rings is 2. The van der Waals surface area contributed by atoms with Crippen LogP contribution in [0.2, 0.25) is 5.02 Å². The van der Waals surface area contributed by atoms with Crippen molar-refractivity contribution in [3.63, 3.8) is 0 Å². The predicted molar refractivity (Wildman–Crippen MR) is 123 cm³/mol. The highest BCUT2D eigenvalue weighted by atomic mass is 35.5. The van der Waals surface area contributed by atoms with Crippen molar-refractivity contribution in [2.24, 2.45) is 0 Å². The van der Waals surface area contributed by atoms with Gasteiger partial charge in [-0.3, -0.25) is 0 Å². The van der Waals surface area contributed by atoms with Crippen LogP contribution < -0.4 is 14.8 Å². The van der Waals surface area contributed by atoms with E-state index in [2.05, 4.69) is 30.4 Å². The Bertz CT molecular complexity index is 1500. The molecular weight excluding hydrogens is 469 g/mol. The first kappa shape index (κ1) is 21.2. The molecule has 0 fully saturated rings. The fraction of sp³-hybridized carbons (Fsp3) is 0.0952. The molecule has 1 N–H and O–H groups in total. The fourth-order valence-corrected chi connectivity index (χ4v) is 3.89. The smallest absolute Gasteiger partial charge is 0.169 e. The van der Waals surface area contributed by atoms with Gasteiger partial charge in [-0.15, -0.1) is 11.8 Å². The maximum absolute atomic E-state index is 15.1. The van der Waals surface area contributed by atoms with Gasteiger partial charge < -0.3 is 14.8 Å². The zero-order valence-electron chi connectivity index (χ0n) is 17.3. The average Bonchev–Trinajstić information content (AvgIpc) is 3.31. The van der Waals surface area contributed by atoms with Crippen molar-refractivity contribution in [2.45, 2.75) is 5.03 Å². The zero-order valence-corrected chi connectivity index (χ0v) is 18.9. The summed E-state index contributed by atoms with van der Waals surface area (Å²) in [6.45, 7) is 0. The number of nitrogens with zero attached hydrogens (tertiary/aromatic N) is 6. The van der Waals surface area contributed by atoms with E-state index in [1.807, 2.05) is 6.26 Å². The number of hydrogen-bond acceptors (Lipinski definition) is 9. The Hall–Kier alpha value is -3.70. The third-order valence-electron chi connectivity index (χ3n) is 4.74. The van der Waals surface area contributed by atoms with Gasteiger partial charge in [0, 0.05) is 18.3 Å². The minimum atomic E-state index is -0.692. The van der Waals surface area contributed by atoms with E-state index in [0.717, 1.165) is 0 Å². The van der Waals surface area contributed by atoms with Crippen molar-refractivity contribution in [3.8, 4) is 17.2 Å². The topological polar surface area (TPSA) is 99.4 Å². The number of ether oxygens (including phenoxy) is 2. The molecular formula is C21H15ClFN7O2S. The second-order valence-corrected chi connectivity index (χ2v) is 7.85. The lowest BCUT2D eigenvalue weighted by Gasteiger charge is -2.13.